The Balaban J connectivity index is 1.66. The van der Waals surface area contributed by atoms with Crippen molar-refractivity contribution in [1.29, 1.82) is 0 Å². The summed E-state index contributed by atoms with van der Waals surface area (Å²) in [4.78, 5) is 12.4. The summed E-state index contributed by atoms with van der Waals surface area (Å²) < 4.78 is 18.1. The highest BCUT2D eigenvalue weighted by Gasteiger charge is 2.51. The number of rotatable bonds is 4. The van der Waals surface area contributed by atoms with Crippen molar-refractivity contribution in [2.75, 3.05) is 19.8 Å². The number of ether oxygens (including phenoxy) is 1. The Kier molecular flexibility index (Phi) is 3.26. The molecule has 5 heteroatoms. The van der Waals surface area contributed by atoms with Crippen LogP contribution in [0.15, 0.2) is 24.3 Å². The Morgan fingerprint density at radius 2 is 2.00 bits per heavy atom. The molecule has 20 heavy (non-hydrogen) atoms. The summed E-state index contributed by atoms with van der Waals surface area (Å²) in [5.41, 5.74) is -0.649. The standard InChI is InChI=1S/C15H18FNO3/c16-12-3-1-11(2-4-12)15(5-6-15)13(18)17-9-14(19)7-8-20-10-14/h1-4,19H,5-10H2,(H,17,18). The van der Waals surface area contributed by atoms with Crippen molar-refractivity contribution in [3.05, 3.63) is 35.6 Å². The van der Waals surface area contributed by atoms with E-state index in [1.54, 1.807) is 12.1 Å². The second-order valence-electron chi connectivity index (χ2n) is 5.80. The van der Waals surface area contributed by atoms with Gasteiger partial charge in [-0.3, -0.25) is 4.79 Å². The van der Waals surface area contributed by atoms with Crippen molar-refractivity contribution in [3.63, 3.8) is 0 Å². The number of carbonyl (C=O) groups is 1. The number of hydrogen-bond acceptors (Lipinski definition) is 3. The third kappa shape index (κ3) is 2.43. The van der Waals surface area contributed by atoms with Crippen molar-refractivity contribution < 1.29 is 19.0 Å². The first-order valence-corrected chi connectivity index (χ1v) is 6.89. The lowest BCUT2D eigenvalue weighted by atomic mass is 9.94. The maximum Gasteiger partial charge on any atom is 0.230 e. The second kappa shape index (κ2) is 4.82. The fourth-order valence-corrected chi connectivity index (χ4v) is 2.69. The molecule has 1 saturated carbocycles. The Labute approximate surface area is 116 Å². The van der Waals surface area contributed by atoms with Crippen LogP contribution in [-0.4, -0.2) is 36.4 Å². The van der Waals surface area contributed by atoms with E-state index in [-0.39, 0.29) is 24.9 Å². The fraction of sp³-hybridized carbons (Fsp3) is 0.533. The molecule has 1 heterocycles. The molecule has 1 saturated heterocycles. The van der Waals surface area contributed by atoms with Gasteiger partial charge < -0.3 is 15.2 Å². The van der Waals surface area contributed by atoms with Gasteiger partial charge in [-0.05, 0) is 30.5 Å². The molecule has 108 valence electrons. The van der Waals surface area contributed by atoms with Crippen LogP contribution in [0, 0.1) is 5.82 Å². The molecule has 1 unspecified atom stereocenters. The zero-order valence-corrected chi connectivity index (χ0v) is 11.2. The van der Waals surface area contributed by atoms with Gasteiger partial charge in [-0.25, -0.2) is 4.39 Å². The van der Waals surface area contributed by atoms with Crippen LogP contribution in [0.1, 0.15) is 24.8 Å². The van der Waals surface area contributed by atoms with Gasteiger partial charge >= 0.3 is 0 Å². The monoisotopic (exact) mass is 279 g/mol. The van der Waals surface area contributed by atoms with Crippen LogP contribution in [0.3, 0.4) is 0 Å². The van der Waals surface area contributed by atoms with Crippen LogP contribution in [0.25, 0.3) is 0 Å². The largest absolute Gasteiger partial charge is 0.386 e. The van der Waals surface area contributed by atoms with Crippen molar-refractivity contribution in [2.45, 2.75) is 30.3 Å². The van der Waals surface area contributed by atoms with Crippen LogP contribution in [0.5, 0.6) is 0 Å². The summed E-state index contributed by atoms with van der Waals surface area (Å²) in [5, 5.41) is 13.0. The molecule has 2 N–H and O–H groups in total. The summed E-state index contributed by atoms with van der Waals surface area (Å²) in [5.74, 6) is -0.396. The first-order valence-electron chi connectivity index (χ1n) is 6.89. The van der Waals surface area contributed by atoms with Crippen LogP contribution in [-0.2, 0) is 14.9 Å². The Bertz CT molecular complexity index is 504. The lowest BCUT2D eigenvalue weighted by Crippen LogP contribution is -2.46. The molecule has 0 aromatic heterocycles. The highest BCUT2D eigenvalue weighted by Crippen LogP contribution is 2.48. The lowest BCUT2D eigenvalue weighted by molar-refractivity contribution is -0.124. The topological polar surface area (TPSA) is 58.6 Å². The highest BCUT2D eigenvalue weighted by molar-refractivity contribution is 5.91. The first-order chi connectivity index (χ1) is 9.54. The van der Waals surface area contributed by atoms with Gasteiger partial charge in [-0.1, -0.05) is 12.1 Å². The third-order valence-corrected chi connectivity index (χ3v) is 4.24. The minimum atomic E-state index is -0.950. The minimum Gasteiger partial charge on any atom is -0.386 e. The molecule has 0 radical (unpaired) electrons. The van der Waals surface area contributed by atoms with Gasteiger partial charge in [-0.2, -0.15) is 0 Å². The lowest BCUT2D eigenvalue weighted by Gasteiger charge is -2.23. The van der Waals surface area contributed by atoms with Crippen LogP contribution >= 0.6 is 0 Å². The van der Waals surface area contributed by atoms with E-state index in [1.165, 1.54) is 12.1 Å². The molecule has 1 aliphatic carbocycles. The summed E-state index contributed by atoms with van der Waals surface area (Å²) in [6.07, 6.45) is 2.07. The van der Waals surface area contributed by atoms with Crippen molar-refractivity contribution in [2.24, 2.45) is 0 Å². The molecule has 3 rings (SSSR count). The van der Waals surface area contributed by atoms with Gasteiger partial charge in [0, 0.05) is 19.6 Å². The predicted molar refractivity (Wildman–Crippen MR) is 70.7 cm³/mol. The van der Waals surface area contributed by atoms with Gasteiger partial charge in [-0.15, -0.1) is 0 Å². The zero-order chi connectivity index (χ0) is 14.2. The van der Waals surface area contributed by atoms with Gasteiger partial charge in [0.1, 0.15) is 11.4 Å². The summed E-state index contributed by atoms with van der Waals surface area (Å²) in [7, 11) is 0. The van der Waals surface area contributed by atoms with E-state index in [4.69, 9.17) is 4.74 Å². The van der Waals surface area contributed by atoms with E-state index >= 15 is 0 Å². The summed E-state index contributed by atoms with van der Waals surface area (Å²) in [6, 6.07) is 6.08. The number of nitrogens with one attached hydrogen (secondary N) is 1. The van der Waals surface area contributed by atoms with E-state index in [2.05, 4.69) is 5.32 Å². The molecule has 0 bridgehead atoms. The molecular weight excluding hydrogens is 261 g/mol. The number of benzene rings is 1. The Morgan fingerprint density at radius 3 is 2.55 bits per heavy atom. The number of halogens is 1. The normalized spacial score (nSPS) is 27.3. The van der Waals surface area contributed by atoms with E-state index in [0.29, 0.717) is 13.0 Å². The molecule has 1 aromatic rings. The van der Waals surface area contributed by atoms with Crippen molar-refractivity contribution in [3.8, 4) is 0 Å². The number of hydrogen-bond donors (Lipinski definition) is 2. The number of amides is 1. The van der Waals surface area contributed by atoms with Crippen LogP contribution in [0.2, 0.25) is 0 Å². The van der Waals surface area contributed by atoms with Gasteiger partial charge in [0.15, 0.2) is 0 Å². The first kappa shape index (κ1) is 13.5. The third-order valence-electron chi connectivity index (χ3n) is 4.24. The van der Waals surface area contributed by atoms with Crippen LogP contribution < -0.4 is 5.32 Å². The SMILES string of the molecule is O=C(NCC1(O)CCOC1)C1(c2ccc(F)cc2)CC1. The molecule has 4 nitrogen and oxygen atoms in total. The van der Waals surface area contributed by atoms with E-state index in [0.717, 1.165) is 18.4 Å². The maximum absolute atomic E-state index is 13.0. The molecule has 2 fully saturated rings. The van der Waals surface area contributed by atoms with Gasteiger partial charge in [0.05, 0.1) is 12.0 Å². The molecule has 1 amide bonds. The molecule has 1 aromatic carbocycles. The maximum atomic E-state index is 13.0. The summed E-state index contributed by atoms with van der Waals surface area (Å²) in [6.45, 7) is 0.987. The predicted octanol–water partition coefficient (Wildman–Crippen LogP) is 1.12. The molecule has 1 aliphatic heterocycles. The number of aliphatic hydroxyl groups is 1. The van der Waals surface area contributed by atoms with Crippen molar-refractivity contribution >= 4 is 5.91 Å². The second-order valence-corrected chi connectivity index (χ2v) is 5.80. The van der Waals surface area contributed by atoms with Crippen LogP contribution in [0.4, 0.5) is 4.39 Å². The number of carbonyl (C=O) groups excluding carboxylic acids is 1. The fourth-order valence-electron chi connectivity index (χ4n) is 2.69. The minimum absolute atomic E-state index is 0.0931. The van der Waals surface area contributed by atoms with E-state index in [1.807, 2.05) is 0 Å². The van der Waals surface area contributed by atoms with E-state index in [9.17, 15) is 14.3 Å². The van der Waals surface area contributed by atoms with Crippen molar-refractivity contribution in [1.82, 2.24) is 5.32 Å². The average molecular weight is 279 g/mol. The van der Waals surface area contributed by atoms with Gasteiger partial charge in [0.2, 0.25) is 5.91 Å². The quantitative estimate of drug-likeness (QED) is 0.868. The molecule has 0 spiro atoms. The van der Waals surface area contributed by atoms with Gasteiger partial charge in [0.25, 0.3) is 0 Å². The highest BCUT2D eigenvalue weighted by atomic mass is 19.1. The summed E-state index contributed by atoms with van der Waals surface area (Å²) >= 11 is 0. The average Bonchev–Trinajstić information content (AvgIpc) is 3.14. The molecular formula is C15H18FNO3. The Morgan fingerprint density at radius 1 is 1.30 bits per heavy atom. The molecule has 2 aliphatic rings. The Hall–Kier alpha value is -1.46. The smallest absolute Gasteiger partial charge is 0.230 e. The molecule has 1 atom stereocenters. The van der Waals surface area contributed by atoms with E-state index < -0.39 is 11.0 Å². The zero-order valence-electron chi connectivity index (χ0n) is 11.2.